The van der Waals surface area contributed by atoms with Crippen molar-refractivity contribution in [2.45, 2.75) is 25.4 Å². The van der Waals surface area contributed by atoms with Gasteiger partial charge >= 0.3 is 0 Å². The summed E-state index contributed by atoms with van der Waals surface area (Å²) in [7, 11) is 0. The number of rotatable bonds is 2. The zero-order valence-corrected chi connectivity index (χ0v) is 8.23. The summed E-state index contributed by atoms with van der Waals surface area (Å²) in [6.45, 7) is 1.99. The van der Waals surface area contributed by atoms with E-state index in [2.05, 4.69) is 5.32 Å². The molecule has 1 saturated carbocycles. The van der Waals surface area contributed by atoms with Crippen LogP contribution in [0.5, 0.6) is 0 Å². The molecule has 0 spiro atoms. The molecule has 2 unspecified atom stereocenters. The molecule has 3 nitrogen and oxygen atoms in total. The summed E-state index contributed by atoms with van der Waals surface area (Å²) in [5.74, 6) is 0.0102. The van der Waals surface area contributed by atoms with Crippen LogP contribution in [0.2, 0.25) is 0 Å². The molecule has 1 fully saturated rings. The van der Waals surface area contributed by atoms with Crippen LogP contribution in [0.1, 0.15) is 21.0 Å². The maximum Gasteiger partial charge on any atom is 0.261 e. The van der Waals surface area contributed by atoms with E-state index in [1.807, 2.05) is 19.1 Å². The van der Waals surface area contributed by atoms with E-state index >= 15 is 0 Å². The Labute approximate surface area is 80.9 Å². The van der Waals surface area contributed by atoms with Crippen molar-refractivity contribution in [2.24, 2.45) is 5.73 Å². The normalized spacial score (nSPS) is 25.7. The molecule has 0 aromatic carbocycles. The predicted molar refractivity (Wildman–Crippen MR) is 52.9 cm³/mol. The lowest BCUT2D eigenvalue weighted by atomic mass is 10.4. The number of carbonyl (C=O) groups excluding carboxylic acids is 1. The quantitative estimate of drug-likeness (QED) is 0.738. The van der Waals surface area contributed by atoms with Crippen LogP contribution in [0.3, 0.4) is 0 Å². The lowest BCUT2D eigenvalue weighted by molar-refractivity contribution is 0.0954. The molecule has 3 N–H and O–H groups in total. The highest BCUT2D eigenvalue weighted by atomic mass is 32.1. The molecule has 1 heterocycles. The first-order valence-electron chi connectivity index (χ1n) is 4.29. The molecule has 0 aliphatic heterocycles. The largest absolute Gasteiger partial charge is 0.347 e. The molecule has 2 atom stereocenters. The van der Waals surface area contributed by atoms with Crippen molar-refractivity contribution >= 4 is 17.2 Å². The highest BCUT2D eigenvalue weighted by molar-refractivity contribution is 7.13. The maximum atomic E-state index is 11.5. The van der Waals surface area contributed by atoms with Crippen molar-refractivity contribution in [1.29, 1.82) is 0 Å². The van der Waals surface area contributed by atoms with E-state index in [1.54, 1.807) is 0 Å². The standard InChI is InChI=1S/C9H12N2OS/c1-5-2-3-8(13-5)9(12)11-7-4-6(7)10/h2-3,6-7H,4,10H2,1H3,(H,11,12). The topological polar surface area (TPSA) is 55.1 Å². The maximum absolute atomic E-state index is 11.5. The van der Waals surface area contributed by atoms with Gasteiger partial charge in [-0.15, -0.1) is 11.3 Å². The van der Waals surface area contributed by atoms with E-state index in [4.69, 9.17) is 5.73 Å². The fourth-order valence-electron chi connectivity index (χ4n) is 1.18. The Morgan fingerprint density at radius 1 is 1.69 bits per heavy atom. The monoisotopic (exact) mass is 196 g/mol. The van der Waals surface area contributed by atoms with Crippen LogP contribution in [-0.4, -0.2) is 18.0 Å². The predicted octanol–water partition coefficient (Wildman–Crippen LogP) is 0.886. The zero-order chi connectivity index (χ0) is 9.42. The molecule has 13 heavy (non-hydrogen) atoms. The van der Waals surface area contributed by atoms with Gasteiger partial charge in [0.25, 0.3) is 5.91 Å². The van der Waals surface area contributed by atoms with Crippen LogP contribution in [0.4, 0.5) is 0 Å². The van der Waals surface area contributed by atoms with E-state index in [9.17, 15) is 4.79 Å². The highest BCUT2D eigenvalue weighted by Crippen LogP contribution is 2.20. The van der Waals surface area contributed by atoms with Crippen LogP contribution in [0.25, 0.3) is 0 Å². The van der Waals surface area contributed by atoms with Crippen molar-refractivity contribution in [3.8, 4) is 0 Å². The Bertz CT molecular complexity index is 334. The molecule has 0 radical (unpaired) electrons. The molecule has 1 aliphatic carbocycles. The molecule has 1 aromatic rings. The van der Waals surface area contributed by atoms with Gasteiger partial charge in [0.1, 0.15) is 0 Å². The summed E-state index contributed by atoms with van der Waals surface area (Å²) < 4.78 is 0. The minimum Gasteiger partial charge on any atom is -0.347 e. The molecule has 1 amide bonds. The first-order valence-corrected chi connectivity index (χ1v) is 5.11. The molecule has 4 heteroatoms. The van der Waals surface area contributed by atoms with Gasteiger partial charge < -0.3 is 11.1 Å². The molecule has 1 aliphatic rings. The first kappa shape index (κ1) is 8.72. The van der Waals surface area contributed by atoms with E-state index in [0.29, 0.717) is 0 Å². The molecule has 0 saturated heterocycles. The second-order valence-corrected chi connectivity index (χ2v) is 4.68. The number of hydrogen-bond acceptors (Lipinski definition) is 3. The molecule has 2 rings (SSSR count). The third-order valence-corrected chi connectivity index (χ3v) is 3.12. The lowest BCUT2D eigenvalue weighted by Crippen LogP contribution is -2.28. The minimum atomic E-state index is 0.0102. The minimum absolute atomic E-state index is 0.0102. The number of hydrogen-bond donors (Lipinski definition) is 2. The number of aryl methyl sites for hydroxylation is 1. The lowest BCUT2D eigenvalue weighted by Gasteiger charge is -1.99. The van der Waals surface area contributed by atoms with Crippen LogP contribution in [0.15, 0.2) is 12.1 Å². The Balaban J connectivity index is 1.97. The smallest absolute Gasteiger partial charge is 0.261 e. The third kappa shape index (κ3) is 1.89. The number of carbonyl (C=O) groups is 1. The Hall–Kier alpha value is -0.870. The van der Waals surface area contributed by atoms with E-state index < -0.39 is 0 Å². The fraction of sp³-hybridized carbons (Fsp3) is 0.444. The molecule has 0 bridgehead atoms. The zero-order valence-electron chi connectivity index (χ0n) is 7.41. The first-order chi connectivity index (χ1) is 6.16. The van der Waals surface area contributed by atoms with Crippen molar-refractivity contribution < 1.29 is 4.79 Å². The summed E-state index contributed by atoms with van der Waals surface area (Å²) >= 11 is 1.51. The van der Waals surface area contributed by atoms with Crippen LogP contribution >= 0.6 is 11.3 Å². The summed E-state index contributed by atoms with van der Waals surface area (Å²) in [4.78, 5) is 13.4. The average molecular weight is 196 g/mol. The average Bonchev–Trinajstić information content (AvgIpc) is 2.62. The second kappa shape index (κ2) is 3.12. The van der Waals surface area contributed by atoms with Crippen molar-refractivity contribution in [2.75, 3.05) is 0 Å². The number of thiophene rings is 1. The SMILES string of the molecule is Cc1ccc(C(=O)NC2CC2N)s1. The summed E-state index contributed by atoms with van der Waals surface area (Å²) in [5.41, 5.74) is 5.59. The Morgan fingerprint density at radius 2 is 2.38 bits per heavy atom. The summed E-state index contributed by atoms with van der Waals surface area (Å²) in [5, 5.41) is 2.88. The van der Waals surface area contributed by atoms with Crippen molar-refractivity contribution in [3.63, 3.8) is 0 Å². The molecular weight excluding hydrogens is 184 g/mol. The van der Waals surface area contributed by atoms with E-state index in [1.165, 1.54) is 11.3 Å². The third-order valence-electron chi connectivity index (χ3n) is 2.12. The van der Waals surface area contributed by atoms with Crippen LogP contribution < -0.4 is 11.1 Å². The van der Waals surface area contributed by atoms with E-state index in [0.717, 1.165) is 16.2 Å². The highest BCUT2D eigenvalue weighted by Gasteiger charge is 2.34. The molecule has 70 valence electrons. The van der Waals surface area contributed by atoms with Crippen LogP contribution in [-0.2, 0) is 0 Å². The van der Waals surface area contributed by atoms with E-state index in [-0.39, 0.29) is 18.0 Å². The van der Waals surface area contributed by atoms with Crippen molar-refractivity contribution in [3.05, 3.63) is 21.9 Å². The van der Waals surface area contributed by atoms with Gasteiger partial charge in [-0.1, -0.05) is 0 Å². The molecular formula is C9H12N2OS. The Kier molecular flexibility index (Phi) is 2.09. The number of nitrogens with two attached hydrogens (primary N) is 1. The van der Waals surface area contributed by atoms with Gasteiger partial charge in [0.05, 0.1) is 4.88 Å². The molecule has 1 aromatic heterocycles. The number of nitrogens with one attached hydrogen (secondary N) is 1. The summed E-state index contributed by atoms with van der Waals surface area (Å²) in [6, 6.07) is 4.18. The van der Waals surface area contributed by atoms with Gasteiger partial charge in [-0.3, -0.25) is 4.79 Å². The Morgan fingerprint density at radius 3 is 2.85 bits per heavy atom. The van der Waals surface area contributed by atoms with Gasteiger partial charge in [0.15, 0.2) is 0 Å². The number of amides is 1. The van der Waals surface area contributed by atoms with Gasteiger partial charge in [0.2, 0.25) is 0 Å². The van der Waals surface area contributed by atoms with Gasteiger partial charge in [0, 0.05) is 17.0 Å². The van der Waals surface area contributed by atoms with Crippen LogP contribution in [0, 0.1) is 6.92 Å². The fourth-order valence-corrected chi connectivity index (χ4v) is 1.95. The van der Waals surface area contributed by atoms with Gasteiger partial charge in [-0.25, -0.2) is 0 Å². The van der Waals surface area contributed by atoms with Crippen molar-refractivity contribution in [1.82, 2.24) is 5.32 Å². The van der Waals surface area contributed by atoms with Gasteiger partial charge in [-0.2, -0.15) is 0 Å². The summed E-state index contributed by atoms with van der Waals surface area (Å²) in [6.07, 6.45) is 0.913. The second-order valence-electron chi connectivity index (χ2n) is 3.39. The van der Waals surface area contributed by atoms with Gasteiger partial charge in [-0.05, 0) is 25.5 Å².